The number of nitrogens with two attached hydrogens (primary N) is 1. The standard InChI is InChI=1S/C12H13BrFN3O/c1-2-18-10-4-3-7(5-8(10)14)12-11(13)9(6-15)16-17-12/h3-5H,2,6,15H2,1H3,(H,16,17). The van der Waals surface area contributed by atoms with Gasteiger partial charge in [0.2, 0.25) is 0 Å². The molecule has 2 rings (SSSR count). The van der Waals surface area contributed by atoms with E-state index in [1.165, 1.54) is 6.07 Å². The Bertz CT molecular complexity index is 556. The largest absolute Gasteiger partial charge is 0.491 e. The van der Waals surface area contributed by atoms with Crippen LogP contribution in [0.25, 0.3) is 11.3 Å². The van der Waals surface area contributed by atoms with E-state index in [1.54, 1.807) is 12.1 Å². The Kier molecular flexibility index (Phi) is 3.98. The Morgan fingerprint density at radius 2 is 2.28 bits per heavy atom. The fourth-order valence-electron chi connectivity index (χ4n) is 1.61. The highest BCUT2D eigenvalue weighted by Gasteiger charge is 2.13. The molecule has 0 aliphatic carbocycles. The van der Waals surface area contributed by atoms with Crippen LogP contribution in [0.5, 0.6) is 5.75 Å². The third-order valence-electron chi connectivity index (χ3n) is 2.48. The first-order valence-corrected chi connectivity index (χ1v) is 6.32. The summed E-state index contributed by atoms with van der Waals surface area (Å²) in [6, 6.07) is 4.75. The van der Waals surface area contributed by atoms with Gasteiger partial charge in [0.1, 0.15) is 5.69 Å². The molecule has 96 valence electrons. The lowest BCUT2D eigenvalue weighted by atomic mass is 10.1. The number of rotatable bonds is 4. The van der Waals surface area contributed by atoms with Gasteiger partial charge in [0.05, 0.1) is 16.8 Å². The quantitative estimate of drug-likeness (QED) is 0.912. The van der Waals surface area contributed by atoms with Crippen molar-refractivity contribution in [2.75, 3.05) is 6.61 Å². The third kappa shape index (κ3) is 2.39. The average molecular weight is 314 g/mol. The number of halogens is 2. The van der Waals surface area contributed by atoms with Crippen LogP contribution < -0.4 is 10.5 Å². The molecule has 6 heteroatoms. The van der Waals surface area contributed by atoms with Crippen molar-refractivity contribution in [1.29, 1.82) is 0 Å². The van der Waals surface area contributed by atoms with Gasteiger partial charge in [-0.2, -0.15) is 5.10 Å². The maximum absolute atomic E-state index is 13.7. The van der Waals surface area contributed by atoms with Crippen LogP contribution in [-0.4, -0.2) is 16.8 Å². The predicted molar refractivity (Wildman–Crippen MR) is 70.7 cm³/mol. The first-order valence-electron chi connectivity index (χ1n) is 5.52. The minimum absolute atomic E-state index is 0.243. The van der Waals surface area contributed by atoms with Crippen LogP contribution >= 0.6 is 15.9 Å². The number of H-pyrrole nitrogens is 1. The van der Waals surface area contributed by atoms with E-state index in [-0.39, 0.29) is 5.75 Å². The molecular formula is C12H13BrFN3O. The van der Waals surface area contributed by atoms with E-state index in [2.05, 4.69) is 26.1 Å². The maximum Gasteiger partial charge on any atom is 0.165 e. The summed E-state index contributed by atoms with van der Waals surface area (Å²) >= 11 is 3.39. The lowest BCUT2D eigenvalue weighted by Gasteiger charge is -2.05. The molecule has 0 unspecified atom stereocenters. The van der Waals surface area contributed by atoms with E-state index in [0.29, 0.717) is 24.4 Å². The summed E-state index contributed by atoms with van der Waals surface area (Å²) in [4.78, 5) is 0. The Labute approximate surface area is 112 Å². The summed E-state index contributed by atoms with van der Waals surface area (Å²) in [5, 5.41) is 6.92. The topological polar surface area (TPSA) is 63.9 Å². The summed E-state index contributed by atoms with van der Waals surface area (Å²) < 4.78 is 19.6. The van der Waals surface area contributed by atoms with Crippen LogP contribution in [0, 0.1) is 5.82 Å². The number of nitrogens with zero attached hydrogens (tertiary/aromatic N) is 1. The molecule has 1 aromatic carbocycles. The maximum atomic E-state index is 13.7. The van der Waals surface area contributed by atoms with Crippen molar-refractivity contribution in [3.8, 4) is 17.0 Å². The third-order valence-corrected chi connectivity index (χ3v) is 3.34. The molecule has 1 aromatic heterocycles. The van der Waals surface area contributed by atoms with Gasteiger partial charge < -0.3 is 10.5 Å². The molecule has 0 bridgehead atoms. The van der Waals surface area contributed by atoms with Gasteiger partial charge in [-0.1, -0.05) is 0 Å². The van der Waals surface area contributed by atoms with Crippen molar-refractivity contribution in [1.82, 2.24) is 10.2 Å². The van der Waals surface area contributed by atoms with Crippen LogP contribution in [0.4, 0.5) is 4.39 Å². The molecule has 0 atom stereocenters. The molecule has 2 aromatic rings. The van der Waals surface area contributed by atoms with Gasteiger partial charge in [-0.05, 0) is 41.1 Å². The molecule has 3 N–H and O–H groups in total. The first-order chi connectivity index (χ1) is 8.67. The number of aromatic nitrogens is 2. The van der Waals surface area contributed by atoms with Crippen LogP contribution in [0.15, 0.2) is 22.7 Å². The molecule has 1 heterocycles. The molecule has 0 spiro atoms. The number of benzene rings is 1. The molecular weight excluding hydrogens is 301 g/mol. The second-order valence-electron chi connectivity index (χ2n) is 3.65. The zero-order valence-corrected chi connectivity index (χ0v) is 11.4. The molecule has 0 aliphatic rings. The minimum atomic E-state index is -0.404. The zero-order chi connectivity index (χ0) is 13.1. The monoisotopic (exact) mass is 313 g/mol. The van der Waals surface area contributed by atoms with E-state index < -0.39 is 5.82 Å². The molecule has 0 saturated carbocycles. The molecule has 0 radical (unpaired) electrons. The molecule has 0 amide bonds. The Morgan fingerprint density at radius 1 is 1.50 bits per heavy atom. The number of aromatic amines is 1. The minimum Gasteiger partial charge on any atom is -0.491 e. The molecule has 18 heavy (non-hydrogen) atoms. The highest BCUT2D eigenvalue weighted by molar-refractivity contribution is 9.10. The molecule has 0 fully saturated rings. The van der Waals surface area contributed by atoms with Crippen molar-refractivity contribution in [2.45, 2.75) is 13.5 Å². The second kappa shape index (κ2) is 5.49. The normalized spacial score (nSPS) is 10.7. The van der Waals surface area contributed by atoms with Crippen molar-refractivity contribution in [3.05, 3.63) is 34.2 Å². The van der Waals surface area contributed by atoms with Gasteiger partial charge in [0.15, 0.2) is 11.6 Å². The van der Waals surface area contributed by atoms with E-state index in [1.807, 2.05) is 6.92 Å². The van der Waals surface area contributed by atoms with E-state index in [9.17, 15) is 4.39 Å². The Hall–Kier alpha value is -1.40. The van der Waals surface area contributed by atoms with E-state index in [4.69, 9.17) is 10.5 Å². The van der Waals surface area contributed by atoms with E-state index >= 15 is 0 Å². The summed E-state index contributed by atoms with van der Waals surface area (Å²) in [5.41, 5.74) is 7.62. The summed E-state index contributed by atoms with van der Waals surface area (Å²) in [5.74, 6) is -0.162. The average Bonchev–Trinajstić information content (AvgIpc) is 2.73. The predicted octanol–water partition coefficient (Wildman–Crippen LogP) is 2.84. The van der Waals surface area contributed by atoms with Crippen LogP contribution in [0.1, 0.15) is 12.6 Å². The molecule has 0 saturated heterocycles. The van der Waals surface area contributed by atoms with Gasteiger partial charge >= 0.3 is 0 Å². The highest BCUT2D eigenvalue weighted by Crippen LogP contribution is 2.31. The van der Waals surface area contributed by atoms with Crippen molar-refractivity contribution in [3.63, 3.8) is 0 Å². The second-order valence-corrected chi connectivity index (χ2v) is 4.44. The van der Waals surface area contributed by atoms with Crippen LogP contribution in [0.3, 0.4) is 0 Å². The molecule has 0 aliphatic heterocycles. The van der Waals surface area contributed by atoms with Gasteiger partial charge in [-0.3, -0.25) is 5.10 Å². The lowest BCUT2D eigenvalue weighted by molar-refractivity contribution is 0.321. The smallest absolute Gasteiger partial charge is 0.165 e. The summed E-state index contributed by atoms with van der Waals surface area (Å²) in [7, 11) is 0. The van der Waals surface area contributed by atoms with Crippen molar-refractivity contribution >= 4 is 15.9 Å². The van der Waals surface area contributed by atoms with Crippen LogP contribution in [-0.2, 0) is 6.54 Å². The fourth-order valence-corrected chi connectivity index (χ4v) is 2.18. The zero-order valence-electron chi connectivity index (χ0n) is 9.84. The van der Waals surface area contributed by atoms with Gasteiger partial charge in [0, 0.05) is 12.1 Å². The summed E-state index contributed by atoms with van der Waals surface area (Å²) in [6.45, 7) is 2.58. The highest BCUT2D eigenvalue weighted by atomic mass is 79.9. The van der Waals surface area contributed by atoms with E-state index in [0.717, 1.165) is 10.2 Å². The lowest BCUT2D eigenvalue weighted by Crippen LogP contribution is -1.96. The number of nitrogens with one attached hydrogen (secondary N) is 1. The SMILES string of the molecule is CCOc1ccc(-c2n[nH]c(CN)c2Br)cc1F. The summed E-state index contributed by atoms with van der Waals surface area (Å²) in [6.07, 6.45) is 0. The van der Waals surface area contributed by atoms with Gasteiger partial charge in [-0.15, -0.1) is 0 Å². The Morgan fingerprint density at radius 3 is 2.83 bits per heavy atom. The van der Waals surface area contributed by atoms with Crippen molar-refractivity contribution in [2.24, 2.45) is 5.73 Å². The first kappa shape index (κ1) is 13.0. The number of hydrogen-bond acceptors (Lipinski definition) is 3. The number of hydrogen-bond donors (Lipinski definition) is 2. The van der Waals surface area contributed by atoms with Crippen molar-refractivity contribution < 1.29 is 9.13 Å². The Balaban J connectivity index is 2.39. The molecule has 4 nitrogen and oxygen atoms in total. The number of ether oxygens (including phenoxy) is 1. The van der Waals surface area contributed by atoms with Crippen LogP contribution in [0.2, 0.25) is 0 Å². The van der Waals surface area contributed by atoms with Gasteiger partial charge in [0.25, 0.3) is 0 Å². The van der Waals surface area contributed by atoms with Gasteiger partial charge in [-0.25, -0.2) is 4.39 Å². The fraction of sp³-hybridized carbons (Fsp3) is 0.250.